The number of thiazole rings is 1. The lowest BCUT2D eigenvalue weighted by atomic mass is 9.79. The number of carboxylic acids is 1. The average molecular weight is 526 g/mol. The zero-order valence-electron chi connectivity index (χ0n) is 19.5. The summed E-state index contributed by atoms with van der Waals surface area (Å²) in [6, 6.07) is 9.87. The van der Waals surface area contributed by atoms with Crippen LogP contribution in [-0.2, 0) is 18.2 Å². The summed E-state index contributed by atoms with van der Waals surface area (Å²) in [4.78, 5) is 24.9. The molecule has 0 spiro atoms. The molecule has 3 heterocycles. The molecule has 1 aliphatic rings. The van der Waals surface area contributed by atoms with Gasteiger partial charge in [-0.05, 0) is 78.8 Å². The number of hydrogen-bond acceptors (Lipinski definition) is 8. The van der Waals surface area contributed by atoms with Crippen LogP contribution >= 0.6 is 11.3 Å². The molecule has 0 aliphatic heterocycles. The molecule has 1 atom stereocenters. The second-order valence-corrected chi connectivity index (χ2v) is 9.90. The molecule has 2 N–H and O–H groups in total. The minimum Gasteiger partial charge on any atom is -0.545 e. The predicted octanol–water partition coefficient (Wildman–Crippen LogP) is 4.61. The first kappa shape index (κ1) is 24.8. The molecule has 5 rings (SSSR count). The van der Waals surface area contributed by atoms with Crippen molar-refractivity contribution in [2.24, 2.45) is 0 Å². The van der Waals surface area contributed by atoms with Gasteiger partial charge in [0.05, 0.1) is 22.1 Å². The van der Waals surface area contributed by atoms with E-state index in [4.69, 9.17) is 0 Å². The van der Waals surface area contributed by atoms with Crippen LogP contribution in [0.3, 0.4) is 0 Å². The molecule has 7 nitrogen and oxygen atoms in total. The van der Waals surface area contributed by atoms with Gasteiger partial charge in [-0.3, -0.25) is 0 Å². The highest BCUT2D eigenvalue weighted by Crippen LogP contribution is 2.43. The van der Waals surface area contributed by atoms with E-state index in [1.165, 1.54) is 23.5 Å². The van der Waals surface area contributed by atoms with Crippen LogP contribution in [0.4, 0.5) is 24.8 Å². The quantitative estimate of drug-likeness (QED) is 0.392. The minimum atomic E-state index is -4.49. The number of rotatable bonds is 5. The Balaban J connectivity index is 1.46. The van der Waals surface area contributed by atoms with Crippen molar-refractivity contribution in [1.29, 1.82) is 0 Å². The van der Waals surface area contributed by atoms with Gasteiger partial charge < -0.3 is 20.3 Å². The molecule has 0 radical (unpaired) electrons. The lowest BCUT2D eigenvalue weighted by molar-refractivity contribution is -0.255. The van der Waals surface area contributed by atoms with E-state index in [9.17, 15) is 28.2 Å². The number of aromatic nitrogens is 3. The molecule has 0 amide bonds. The van der Waals surface area contributed by atoms with E-state index in [0.29, 0.717) is 46.2 Å². The Morgan fingerprint density at radius 1 is 1.14 bits per heavy atom. The van der Waals surface area contributed by atoms with Crippen LogP contribution in [-0.4, -0.2) is 26.0 Å². The number of fused-ring (bicyclic) bond motifs is 1. The van der Waals surface area contributed by atoms with E-state index in [1.54, 1.807) is 18.3 Å². The van der Waals surface area contributed by atoms with Crippen molar-refractivity contribution in [3.8, 4) is 10.6 Å². The monoisotopic (exact) mass is 525 g/mol. The maximum absolute atomic E-state index is 13.1. The van der Waals surface area contributed by atoms with E-state index >= 15 is 0 Å². The predicted molar refractivity (Wildman–Crippen MR) is 129 cm³/mol. The number of anilines is 2. The van der Waals surface area contributed by atoms with E-state index in [0.717, 1.165) is 29.5 Å². The molecule has 0 saturated carbocycles. The Morgan fingerprint density at radius 3 is 2.70 bits per heavy atom. The molecule has 4 aromatic rings. The zero-order valence-corrected chi connectivity index (χ0v) is 20.3. The highest BCUT2D eigenvalue weighted by atomic mass is 32.1. The normalized spacial score (nSPS) is 17.3. The first-order valence-electron chi connectivity index (χ1n) is 11.4. The number of carboxylic acid groups (broad SMARTS) is 1. The molecule has 1 aromatic carbocycles. The van der Waals surface area contributed by atoms with Crippen LogP contribution in [0.2, 0.25) is 0 Å². The molecule has 1 unspecified atom stereocenters. The Bertz CT molecular complexity index is 1500. The lowest BCUT2D eigenvalue weighted by Crippen LogP contribution is -2.32. The van der Waals surface area contributed by atoms with E-state index < -0.39 is 23.3 Å². The third-order valence-electron chi connectivity index (χ3n) is 6.20. The molecular formula is C26H20F3N4O3S-. The largest absolute Gasteiger partial charge is 0.545 e. The van der Waals surface area contributed by atoms with Crippen molar-refractivity contribution >= 4 is 28.9 Å². The van der Waals surface area contributed by atoms with Crippen molar-refractivity contribution in [2.45, 2.75) is 38.0 Å². The minimum absolute atomic E-state index is 0.00734. The first-order valence-corrected chi connectivity index (χ1v) is 12.2. The van der Waals surface area contributed by atoms with Gasteiger partial charge in [-0.15, -0.1) is 11.3 Å². The SMILES string of the molecule is Cc1cc(Nc2cc(C(F)(F)F)ccn2)nc(-c2cnc(C3(O)CCCc4cc(C(=O)[O-])ccc43)s2)c1. The number of aliphatic hydroxyl groups is 1. The molecular weight excluding hydrogens is 505 g/mol. The molecule has 37 heavy (non-hydrogen) atoms. The number of nitrogens with zero attached hydrogens (tertiary/aromatic N) is 3. The number of hydrogen-bond donors (Lipinski definition) is 2. The summed E-state index contributed by atoms with van der Waals surface area (Å²) in [5, 5.41) is 26.2. The lowest BCUT2D eigenvalue weighted by Gasteiger charge is -2.33. The number of alkyl halides is 3. The summed E-state index contributed by atoms with van der Waals surface area (Å²) >= 11 is 1.25. The fraction of sp³-hybridized carbons (Fsp3) is 0.231. The van der Waals surface area contributed by atoms with Gasteiger partial charge in [0, 0.05) is 12.4 Å². The second-order valence-electron chi connectivity index (χ2n) is 8.87. The van der Waals surface area contributed by atoms with Crippen LogP contribution in [0.15, 0.2) is 54.9 Å². The number of aromatic carboxylic acids is 1. The number of aryl methyl sites for hydroxylation is 2. The van der Waals surface area contributed by atoms with Crippen LogP contribution in [0.5, 0.6) is 0 Å². The summed E-state index contributed by atoms with van der Waals surface area (Å²) in [6.07, 6.45) is -0.114. The summed E-state index contributed by atoms with van der Waals surface area (Å²) in [5.74, 6) is -0.954. The van der Waals surface area contributed by atoms with E-state index in [1.807, 2.05) is 13.0 Å². The third-order valence-corrected chi connectivity index (χ3v) is 7.37. The Hall–Kier alpha value is -3.83. The number of pyridine rings is 2. The summed E-state index contributed by atoms with van der Waals surface area (Å²) in [6.45, 7) is 1.83. The zero-order chi connectivity index (χ0) is 26.4. The number of halogens is 3. The van der Waals surface area contributed by atoms with Gasteiger partial charge in [-0.2, -0.15) is 13.2 Å². The molecule has 1 aliphatic carbocycles. The van der Waals surface area contributed by atoms with Gasteiger partial charge in [0.15, 0.2) is 0 Å². The van der Waals surface area contributed by atoms with E-state index in [2.05, 4.69) is 20.3 Å². The smallest absolute Gasteiger partial charge is 0.416 e. The first-order chi connectivity index (χ1) is 17.5. The van der Waals surface area contributed by atoms with Gasteiger partial charge in [-0.25, -0.2) is 15.0 Å². The van der Waals surface area contributed by atoms with Crippen LogP contribution in [0, 0.1) is 6.92 Å². The van der Waals surface area contributed by atoms with Gasteiger partial charge in [0.1, 0.15) is 22.2 Å². The highest BCUT2D eigenvalue weighted by Gasteiger charge is 2.39. The topological polar surface area (TPSA) is 111 Å². The molecule has 3 aromatic heterocycles. The number of nitrogens with one attached hydrogen (secondary N) is 1. The average Bonchev–Trinajstić information content (AvgIpc) is 3.35. The van der Waals surface area contributed by atoms with E-state index in [-0.39, 0.29) is 11.4 Å². The second kappa shape index (κ2) is 9.24. The van der Waals surface area contributed by atoms with Crippen molar-refractivity contribution in [1.82, 2.24) is 15.0 Å². The molecule has 11 heteroatoms. The van der Waals surface area contributed by atoms with Crippen molar-refractivity contribution < 1.29 is 28.2 Å². The Labute approximate surface area is 213 Å². The van der Waals surface area contributed by atoms with Gasteiger partial charge in [0.25, 0.3) is 0 Å². The summed E-state index contributed by atoms with van der Waals surface area (Å²) in [5.41, 5.74) is 0.546. The van der Waals surface area contributed by atoms with Crippen LogP contribution in [0.25, 0.3) is 10.6 Å². The molecule has 0 saturated heterocycles. The van der Waals surface area contributed by atoms with Gasteiger partial charge in [-0.1, -0.05) is 12.1 Å². The standard InChI is InChI=1S/C26H21F3N4O3S/c1-14-9-19(32-22(10-14)33-21-12-17(6-8-30-21)26(27,28)29)20-13-31-24(37-20)25(36)7-2-3-15-11-16(23(34)35)4-5-18(15)25/h4-6,8-13,36H,2-3,7H2,1H3,(H,34,35)(H,30,32,33)/p-1. The fourth-order valence-corrected chi connectivity index (χ4v) is 5.48. The third kappa shape index (κ3) is 4.92. The van der Waals surface area contributed by atoms with Crippen LogP contribution in [0.1, 0.15) is 50.5 Å². The Kier molecular flexibility index (Phi) is 6.20. The molecule has 0 fully saturated rings. The van der Waals surface area contributed by atoms with Crippen LogP contribution < -0.4 is 10.4 Å². The van der Waals surface area contributed by atoms with Crippen molar-refractivity contribution in [2.75, 3.05) is 5.32 Å². The summed E-state index contributed by atoms with van der Waals surface area (Å²) < 4.78 is 39.2. The summed E-state index contributed by atoms with van der Waals surface area (Å²) in [7, 11) is 0. The maximum Gasteiger partial charge on any atom is 0.416 e. The maximum atomic E-state index is 13.1. The number of benzene rings is 1. The number of carbonyl (C=O) groups excluding carboxylic acids is 1. The van der Waals surface area contributed by atoms with Gasteiger partial charge in [0.2, 0.25) is 0 Å². The van der Waals surface area contributed by atoms with Crippen molar-refractivity contribution in [3.63, 3.8) is 0 Å². The molecule has 0 bridgehead atoms. The number of carbonyl (C=O) groups is 1. The van der Waals surface area contributed by atoms with Crippen molar-refractivity contribution in [3.05, 3.63) is 87.7 Å². The van der Waals surface area contributed by atoms with Gasteiger partial charge >= 0.3 is 6.18 Å². The Morgan fingerprint density at radius 2 is 1.95 bits per heavy atom. The highest BCUT2D eigenvalue weighted by molar-refractivity contribution is 7.15. The molecule has 190 valence electrons. The fourth-order valence-electron chi connectivity index (χ4n) is 4.47.